The van der Waals surface area contributed by atoms with Gasteiger partial charge < -0.3 is 10.5 Å². The van der Waals surface area contributed by atoms with Crippen LogP contribution in [-0.2, 0) is 4.74 Å². The lowest BCUT2D eigenvalue weighted by Crippen LogP contribution is -2.63. The zero-order valence-electron chi connectivity index (χ0n) is 12.7. The Kier molecular flexibility index (Phi) is 6.61. The quantitative estimate of drug-likeness (QED) is 0.761. The molecule has 1 fully saturated rings. The van der Waals surface area contributed by atoms with Crippen LogP contribution in [0.25, 0.3) is 0 Å². The van der Waals surface area contributed by atoms with E-state index in [9.17, 15) is 0 Å². The van der Waals surface area contributed by atoms with Crippen LogP contribution in [0.5, 0.6) is 0 Å². The van der Waals surface area contributed by atoms with E-state index in [1.807, 2.05) is 0 Å². The van der Waals surface area contributed by atoms with Gasteiger partial charge in [0.2, 0.25) is 0 Å². The van der Waals surface area contributed by atoms with Gasteiger partial charge >= 0.3 is 0 Å². The van der Waals surface area contributed by atoms with Crippen molar-refractivity contribution >= 4 is 0 Å². The number of hydrogen-bond donors (Lipinski definition) is 1. The van der Waals surface area contributed by atoms with E-state index in [-0.39, 0.29) is 5.54 Å². The van der Waals surface area contributed by atoms with Crippen LogP contribution in [0.4, 0.5) is 0 Å². The Morgan fingerprint density at radius 1 is 1.22 bits per heavy atom. The number of ether oxygens (including phenoxy) is 1. The molecule has 108 valence electrons. The second-order valence-corrected chi connectivity index (χ2v) is 5.79. The van der Waals surface area contributed by atoms with Crippen LogP contribution < -0.4 is 5.73 Å². The van der Waals surface area contributed by atoms with Gasteiger partial charge in [-0.1, -0.05) is 33.6 Å². The van der Waals surface area contributed by atoms with E-state index in [0.29, 0.717) is 12.1 Å². The van der Waals surface area contributed by atoms with Gasteiger partial charge in [0.05, 0.1) is 12.7 Å². The van der Waals surface area contributed by atoms with Gasteiger partial charge in [-0.05, 0) is 26.2 Å². The maximum absolute atomic E-state index is 6.19. The Hall–Kier alpha value is -0.120. The van der Waals surface area contributed by atoms with Crippen molar-refractivity contribution in [1.29, 1.82) is 0 Å². The van der Waals surface area contributed by atoms with E-state index in [4.69, 9.17) is 10.5 Å². The largest absolute Gasteiger partial charge is 0.376 e. The van der Waals surface area contributed by atoms with Gasteiger partial charge in [0, 0.05) is 24.7 Å². The maximum Gasteiger partial charge on any atom is 0.0675 e. The summed E-state index contributed by atoms with van der Waals surface area (Å²) in [5, 5.41) is 0. The predicted octanol–water partition coefficient (Wildman–Crippen LogP) is 2.78. The molecule has 1 heterocycles. The molecule has 18 heavy (non-hydrogen) atoms. The molecule has 0 aromatic carbocycles. The monoisotopic (exact) mass is 256 g/mol. The number of nitrogens with two attached hydrogens (primary N) is 1. The Morgan fingerprint density at radius 2 is 1.83 bits per heavy atom. The molecule has 1 rings (SSSR count). The Bertz CT molecular complexity index is 227. The van der Waals surface area contributed by atoms with Gasteiger partial charge in [-0.2, -0.15) is 0 Å². The Morgan fingerprint density at radius 3 is 2.28 bits per heavy atom. The summed E-state index contributed by atoms with van der Waals surface area (Å²) in [6.45, 7) is 11.7. The first-order valence-electron chi connectivity index (χ1n) is 7.71. The van der Waals surface area contributed by atoms with Crippen molar-refractivity contribution in [3.05, 3.63) is 0 Å². The van der Waals surface area contributed by atoms with E-state index < -0.39 is 0 Å². The van der Waals surface area contributed by atoms with E-state index in [1.54, 1.807) is 0 Å². The van der Waals surface area contributed by atoms with Crippen LogP contribution in [-0.4, -0.2) is 42.3 Å². The second kappa shape index (κ2) is 7.46. The summed E-state index contributed by atoms with van der Waals surface area (Å²) in [7, 11) is 0. The van der Waals surface area contributed by atoms with Gasteiger partial charge in [0.25, 0.3) is 0 Å². The van der Waals surface area contributed by atoms with Crippen molar-refractivity contribution in [2.24, 2.45) is 5.73 Å². The standard InChI is InChI=1S/C15H32N2O/c1-5-8-15(12-16,9-6-2)17-10-13(4)18-11-14(17)7-3/h13-14H,5-12,16H2,1-4H3. The lowest BCUT2D eigenvalue weighted by molar-refractivity contribution is -0.103. The van der Waals surface area contributed by atoms with E-state index >= 15 is 0 Å². The minimum Gasteiger partial charge on any atom is -0.376 e. The topological polar surface area (TPSA) is 38.5 Å². The zero-order valence-corrected chi connectivity index (χ0v) is 12.7. The lowest BCUT2D eigenvalue weighted by atomic mass is 9.84. The average molecular weight is 256 g/mol. The fraction of sp³-hybridized carbons (Fsp3) is 1.00. The summed E-state index contributed by atoms with van der Waals surface area (Å²) >= 11 is 0. The smallest absolute Gasteiger partial charge is 0.0675 e. The summed E-state index contributed by atoms with van der Waals surface area (Å²) < 4.78 is 5.83. The highest BCUT2D eigenvalue weighted by molar-refractivity contribution is 4.96. The van der Waals surface area contributed by atoms with E-state index in [0.717, 1.165) is 26.1 Å². The third-order valence-corrected chi connectivity index (χ3v) is 4.36. The molecule has 0 bridgehead atoms. The molecule has 2 unspecified atom stereocenters. The van der Waals surface area contributed by atoms with Crippen molar-refractivity contribution in [2.75, 3.05) is 19.7 Å². The molecule has 0 radical (unpaired) electrons. The van der Waals surface area contributed by atoms with Crippen LogP contribution in [0.1, 0.15) is 59.8 Å². The van der Waals surface area contributed by atoms with Crippen molar-refractivity contribution in [3.8, 4) is 0 Å². The van der Waals surface area contributed by atoms with Crippen molar-refractivity contribution in [2.45, 2.75) is 77.5 Å². The van der Waals surface area contributed by atoms with Crippen LogP contribution in [0.2, 0.25) is 0 Å². The third-order valence-electron chi connectivity index (χ3n) is 4.36. The van der Waals surface area contributed by atoms with Gasteiger partial charge in [-0.15, -0.1) is 0 Å². The molecule has 2 N–H and O–H groups in total. The molecule has 0 aromatic rings. The fourth-order valence-electron chi connectivity index (χ4n) is 3.43. The number of nitrogens with zero attached hydrogens (tertiary/aromatic N) is 1. The van der Waals surface area contributed by atoms with Gasteiger partial charge in [-0.3, -0.25) is 4.90 Å². The lowest BCUT2D eigenvalue weighted by Gasteiger charge is -2.51. The Balaban J connectivity index is 2.91. The van der Waals surface area contributed by atoms with Crippen molar-refractivity contribution < 1.29 is 4.74 Å². The van der Waals surface area contributed by atoms with Gasteiger partial charge in [0.1, 0.15) is 0 Å². The van der Waals surface area contributed by atoms with Crippen LogP contribution >= 0.6 is 0 Å². The van der Waals surface area contributed by atoms with Gasteiger partial charge in [-0.25, -0.2) is 0 Å². The third kappa shape index (κ3) is 3.46. The SMILES string of the molecule is CCCC(CN)(CCC)N1CC(C)OCC1CC. The number of morpholine rings is 1. The minimum atomic E-state index is 0.197. The molecule has 1 aliphatic heterocycles. The van der Waals surface area contributed by atoms with Crippen molar-refractivity contribution in [1.82, 2.24) is 4.90 Å². The molecule has 0 spiro atoms. The number of rotatable bonds is 7. The first-order valence-corrected chi connectivity index (χ1v) is 7.71. The summed E-state index contributed by atoms with van der Waals surface area (Å²) in [5.41, 5.74) is 6.39. The number of hydrogen-bond acceptors (Lipinski definition) is 3. The van der Waals surface area contributed by atoms with E-state index in [2.05, 4.69) is 32.6 Å². The van der Waals surface area contributed by atoms with Gasteiger partial charge in [0.15, 0.2) is 0 Å². The normalized spacial score (nSPS) is 26.5. The highest BCUT2D eigenvalue weighted by Gasteiger charge is 2.40. The summed E-state index contributed by atoms with van der Waals surface area (Å²) in [5.74, 6) is 0. The molecule has 1 saturated heterocycles. The van der Waals surface area contributed by atoms with Crippen molar-refractivity contribution in [3.63, 3.8) is 0 Å². The summed E-state index contributed by atoms with van der Waals surface area (Å²) in [6.07, 6.45) is 6.33. The zero-order chi connectivity index (χ0) is 13.6. The molecule has 3 heteroatoms. The van der Waals surface area contributed by atoms with E-state index in [1.165, 1.54) is 25.7 Å². The average Bonchev–Trinajstić information content (AvgIpc) is 2.38. The first-order chi connectivity index (χ1) is 8.63. The molecule has 0 saturated carbocycles. The highest BCUT2D eigenvalue weighted by atomic mass is 16.5. The molecule has 0 aromatic heterocycles. The van der Waals surface area contributed by atoms with Crippen LogP contribution in [0.3, 0.4) is 0 Å². The molecule has 1 aliphatic rings. The summed E-state index contributed by atoms with van der Waals surface area (Å²) in [4.78, 5) is 2.67. The molecule has 2 atom stereocenters. The van der Waals surface area contributed by atoms with Crippen LogP contribution in [0, 0.1) is 0 Å². The molecular formula is C15H32N2O. The van der Waals surface area contributed by atoms with Crippen LogP contribution in [0.15, 0.2) is 0 Å². The predicted molar refractivity (Wildman–Crippen MR) is 77.8 cm³/mol. The first kappa shape index (κ1) is 15.9. The Labute approximate surface area is 113 Å². The molecule has 0 aliphatic carbocycles. The fourth-order valence-corrected chi connectivity index (χ4v) is 3.43. The molecule has 0 amide bonds. The maximum atomic E-state index is 6.19. The summed E-state index contributed by atoms with van der Waals surface area (Å²) in [6, 6.07) is 0.544. The minimum absolute atomic E-state index is 0.197. The second-order valence-electron chi connectivity index (χ2n) is 5.79. The molecule has 3 nitrogen and oxygen atoms in total. The molecular weight excluding hydrogens is 224 g/mol. The highest BCUT2D eigenvalue weighted by Crippen LogP contribution is 2.32.